The smallest absolute Gasteiger partial charge is 0.0908 e. The van der Waals surface area contributed by atoms with Crippen LogP contribution in [-0.2, 0) is 0 Å². The summed E-state index contributed by atoms with van der Waals surface area (Å²) in [5.41, 5.74) is 4.60. The Morgan fingerprint density at radius 1 is 1.35 bits per heavy atom. The highest BCUT2D eigenvalue weighted by Gasteiger charge is 2.16. The van der Waals surface area contributed by atoms with E-state index in [0.29, 0.717) is 0 Å². The van der Waals surface area contributed by atoms with Gasteiger partial charge in [-0.05, 0) is 46.4 Å². The van der Waals surface area contributed by atoms with E-state index < -0.39 is 0 Å². The Morgan fingerprint density at radius 3 is 2.82 bits per heavy atom. The number of nitrogens with zero attached hydrogens (tertiary/aromatic N) is 2. The Labute approximate surface area is 121 Å². The van der Waals surface area contributed by atoms with Crippen molar-refractivity contribution in [3.05, 3.63) is 56.1 Å². The summed E-state index contributed by atoms with van der Waals surface area (Å²) in [7, 11) is 0. The number of hydrogen-bond acceptors (Lipinski definition) is 4. The summed E-state index contributed by atoms with van der Waals surface area (Å²) in [5, 5.41) is 0. The van der Waals surface area contributed by atoms with E-state index in [-0.39, 0.29) is 6.04 Å². The summed E-state index contributed by atoms with van der Waals surface area (Å²) < 4.78 is 2.14. The maximum atomic E-state index is 5.61. The number of rotatable bonds is 3. The molecule has 1 aromatic heterocycles. The molecule has 1 atom stereocenters. The normalized spacial score (nSPS) is 12.4. The van der Waals surface area contributed by atoms with E-state index in [1.165, 1.54) is 0 Å². The van der Waals surface area contributed by atoms with E-state index in [2.05, 4.69) is 60.0 Å². The summed E-state index contributed by atoms with van der Waals surface area (Å²) >= 11 is 5.79. The van der Waals surface area contributed by atoms with Gasteiger partial charge in [0, 0.05) is 20.4 Å². The van der Waals surface area contributed by atoms with Gasteiger partial charge in [-0.15, -0.1) is 0 Å². The Bertz CT molecular complexity index is 506. The van der Waals surface area contributed by atoms with Gasteiger partial charge in [-0.2, -0.15) is 0 Å². The number of nitrogens with one attached hydrogen (secondary N) is 1. The van der Waals surface area contributed by atoms with Gasteiger partial charge in [0.25, 0.3) is 0 Å². The maximum absolute atomic E-state index is 5.61. The van der Waals surface area contributed by atoms with Crippen LogP contribution in [0.5, 0.6) is 0 Å². The molecular formula is C11H10BrIN4. The van der Waals surface area contributed by atoms with E-state index in [1.807, 2.05) is 12.1 Å². The summed E-state index contributed by atoms with van der Waals surface area (Å²) in [5.74, 6) is 5.61. The number of aromatic nitrogens is 2. The van der Waals surface area contributed by atoms with Gasteiger partial charge in [-0.25, -0.2) is 5.43 Å². The van der Waals surface area contributed by atoms with Gasteiger partial charge in [0.05, 0.1) is 17.9 Å². The van der Waals surface area contributed by atoms with Crippen molar-refractivity contribution in [2.75, 3.05) is 0 Å². The van der Waals surface area contributed by atoms with Gasteiger partial charge in [-0.3, -0.25) is 15.8 Å². The third-order valence-corrected chi connectivity index (χ3v) is 3.71. The monoisotopic (exact) mass is 404 g/mol. The number of hydrogen-bond donors (Lipinski definition) is 2. The number of nitrogens with two attached hydrogens (primary N) is 1. The Morgan fingerprint density at radius 2 is 2.18 bits per heavy atom. The fourth-order valence-corrected chi connectivity index (χ4v) is 2.52. The largest absolute Gasteiger partial charge is 0.271 e. The van der Waals surface area contributed by atoms with Crippen LogP contribution < -0.4 is 11.3 Å². The van der Waals surface area contributed by atoms with Crippen molar-refractivity contribution in [2.24, 2.45) is 5.84 Å². The van der Waals surface area contributed by atoms with Crippen LogP contribution in [0.15, 0.2) is 41.3 Å². The van der Waals surface area contributed by atoms with Gasteiger partial charge in [-0.1, -0.05) is 15.9 Å². The van der Waals surface area contributed by atoms with Crippen LogP contribution in [0.25, 0.3) is 0 Å². The van der Waals surface area contributed by atoms with Crippen LogP contribution in [-0.4, -0.2) is 9.97 Å². The van der Waals surface area contributed by atoms with Gasteiger partial charge < -0.3 is 0 Å². The summed E-state index contributed by atoms with van der Waals surface area (Å²) in [6.07, 6.45) is 5.00. The van der Waals surface area contributed by atoms with Gasteiger partial charge in [0.2, 0.25) is 0 Å². The molecule has 1 aromatic carbocycles. The highest BCUT2D eigenvalue weighted by Crippen LogP contribution is 2.28. The molecule has 2 rings (SSSR count). The molecular weight excluding hydrogens is 395 g/mol. The summed E-state index contributed by atoms with van der Waals surface area (Å²) in [6.45, 7) is 0. The fourth-order valence-electron chi connectivity index (χ4n) is 1.53. The summed E-state index contributed by atoms with van der Waals surface area (Å²) in [6, 6.07) is 5.91. The van der Waals surface area contributed by atoms with Crippen LogP contribution in [0.1, 0.15) is 17.3 Å². The lowest BCUT2D eigenvalue weighted by Crippen LogP contribution is -2.30. The molecule has 0 radical (unpaired) electrons. The van der Waals surface area contributed by atoms with E-state index >= 15 is 0 Å². The van der Waals surface area contributed by atoms with Crippen molar-refractivity contribution in [3.63, 3.8) is 0 Å². The molecule has 1 heterocycles. The zero-order chi connectivity index (χ0) is 12.3. The second-order valence-electron chi connectivity index (χ2n) is 3.40. The lowest BCUT2D eigenvalue weighted by molar-refractivity contribution is 0.615. The molecule has 0 saturated heterocycles. The molecule has 0 spiro atoms. The first-order chi connectivity index (χ1) is 8.22. The average Bonchev–Trinajstić information content (AvgIpc) is 2.36. The minimum atomic E-state index is -0.173. The predicted octanol–water partition coefficient (Wildman–Crippen LogP) is 2.40. The second kappa shape index (κ2) is 5.85. The Hall–Kier alpha value is -0.570. The first-order valence-corrected chi connectivity index (χ1v) is 6.76. The zero-order valence-corrected chi connectivity index (χ0v) is 12.5. The molecule has 3 N–H and O–H groups in total. The first kappa shape index (κ1) is 12.9. The van der Waals surface area contributed by atoms with E-state index in [4.69, 9.17) is 5.84 Å². The van der Waals surface area contributed by atoms with Gasteiger partial charge >= 0.3 is 0 Å². The second-order valence-corrected chi connectivity index (χ2v) is 5.50. The predicted molar refractivity (Wildman–Crippen MR) is 78.1 cm³/mol. The molecule has 4 nitrogen and oxygen atoms in total. The Balaban J connectivity index is 2.46. The number of halogens is 2. The van der Waals surface area contributed by atoms with Crippen LogP contribution in [0, 0.1) is 3.57 Å². The van der Waals surface area contributed by atoms with Crippen molar-refractivity contribution in [2.45, 2.75) is 6.04 Å². The number of benzene rings is 1. The van der Waals surface area contributed by atoms with E-state index in [1.54, 1.807) is 18.6 Å². The SMILES string of the molecule is NNC(c1cnccn1)c1cc(I)ccc1Br. The summed E-state index contributed by atoms with van der Waals surface area (Å²) in [4.78, 5) is 8.32. The Kier molecular flexibility index (Phi) is 4.43. The van der Waals surface area contributed by atoms with Crippen molar-refractivity contribution >= 4 is 38.5 Å². The third-order valence-electron chi connectivity index (χ3n) is 2.31. The standard InChI is InChI=1S/C11H10BrIN4/c12-9-2-1-7(13)5-8(9)11(17-14)10-6-15-3-4-16-10/h1-6,11,17H,14H2. The van der Waals surface area contributed by atoms with Crippen molar-refractivity contribution in [1.82, 2.24) is 15.4 Å². The van der Waals surface area contributed by atoms with E-state index in [9.17, 15) is 0 Å². The molecule has 0 amide bonds. The highest BCUT2D eigenvalue weighted by molar-refractivity contribution is 14.1. The fraction of sp³-hybridized carbons (Fsp3) is 0.0909. The molecule has 0 fully saturated rings. The molecule has 17 heavy (non-hydrogen) atoms. The molecule has 1 unspecified atom stereocenters. The topological polar surface area (TPSA) is 63.8 Å². The quantitative estimate of drug-likeness (QED) is 0.468. The molecule has 6 heteroatoms. The molecule has 0 aliphatic carbocycles. The molecule has 2 aromatic rings. The van der Waals surface area contributed by atoms with Crippen molar-refractivity contribution < 1.29 is 0 Å². The third kappa shape index (κ3) is 3.01. The minimum absolute atomic E-state index is 0.173. The van der Waals surface area contributed by atoms with Crippen LogP contribution >= 0.6 is 38.5 Å². The first-order valence-electron chi connectivity index (χ1n) is 4.89. The van der Waals surface area contributed by atoms with Crippen LogP contribution in [0.2, 0.25) is 0 Å². The minimum Gasteiger partial charge on any atom is -0.271 e. The van der Waals surface area contributed by atoms with Crippen molar-refractivity contribution in [1.29, 1.82) is 0 Å². The van der Waals surface area contributed by atoms with Gasteiger partial charge in [0.15, 0.2) is 0 Å². The molecule has 0 aliphatic heterocycles. The molecule has 0 bridgehead atoms. The van der Waals surface area contributed by atoms with E-state index in [0.717, 1.165) is 19.3 Å². The number of hydrazine groups is 1. The molecule has 88 valence electrons. The zero-order valence-electron chi connectivity index (χ0n) is 8.77. The van der Waals surface area contributed by atoms with Gasteiger partial charge in [0.1, 0.15) is 0 Å². The average molecular weight is 405 g/mol. The lowest BCUT2D eigenvalue weighted by Gasteiger charge is -2.17. The molecule has 0 aliphatic rings. The molecule has 0 saturated carbocycles. The lowest BCUT2D eigenvalue weighted by atomic mass is 10.1. The van der Waals surface area contributed by atoms with Crippen LogP contribution in [0.3, 0.4) is 0 Å². The van der Waals surface area contributed by atoms with Crippen molar-refractivity contribution in [3.8, 4) is 0 Å². The maximum Gasteiger partial charge on any atom is 0.0908 e. The van der Waals surface area contributed by atoms with Crippen LogP contribution in [0.4, 0.5) is 0 Å². The highest BCUT2D eigenvalue weighted by atomic mass is 127.